The van der Waals surface area contributed by atoms with E-state index in [1.54, 1.807) is 0 Å². The molecule has 144 valence electrons. The minimum atomic E-state index is 0.0943. The van der Waals surface area contributed by atoms with Gasteiger partial charge in [-0.1, -0.05) is 30.3 Å². The van der Waals surface area contributed by atoms with Crippen LogP contribution < -0.4 is 16.0 Å². The van der Waals surface area contributed by atoms with Crippen LogP contribution in [0.5, 0.6) is 0 Å². The third kappa shape index (κ3) is 5.06. The standard InChI is InChI=1S/C19H27N7O/c1-13(15-7-5-4-6-8-15)22-19(23-16-9-10-18(27)20-11-16)21-12-17-25-24-14(2)26(17)3/h4-8,13,16H,9-12H2,1-3H3,(H,20,27)(H2,21,22,23). The minimum absolute atomic E-state index is 0.0943. The molecular weight excluding hydrogens is 342 g/mol. The minimum Gasteiger partial charge on any atom is -0.354 e. The predicted octanol–water partition coefficient (Wildman–Crippen LogP) is 1.20. The predicted molar refractivity (Wildman–Crippen MR) is 104 cm³/mol. The smallest absolute Gasteiger partial charge is 0.220 e. The van der Waals surface area contributed by atoms with Crippen LogP contribution in [0.4, 0.5) is 0 Å². The van der Waals surface area contributed by atoms with Crippen LogP contribution in [0, 0.1) is 6.92 Å². The zero-order valence-electron chi connectivity index (χ0n) is 16.1. The molecule has 1 aromatic heterocycles. The van der Waals surface area contributed by atoms with E-state index in [0.29, 0.717) is 25.5 Å². The first-order valence-corrected chi connectivity index (χ1v) is 9.27. The lowest BCUT2D eigenvalue weighted by molar-refractivity contribution is -0.122. The zero-order valence-corrected chi connectivity index (χ0v) is 16.1. The SMILES string of the molecule is Cc1nnc(CN=C(NC2CCC(=O)NC2)NC(C)c2ccccc2)n1C. The number of aromatic nitrogens is 3. The molecule has 1 aromatic carbocycles. The molecule has 1 aliphatic heterocycles. The van der Waals surface area contributed by atoms with Gasteiger partial charge >= 0.3 is 0 Å². The number of aryl methyl sites for hydroxylation is 1. The molecule has 8 heteroatoms. The van der Waals surface area contributed by atoms with E-state index in [4.69, 9.17) is 4.99 Å². The first-order chi connectivity index (χ1) is 13.0. The Bertz CT molecular complexity index is 790. The van der Waals surface area contributed by atoms with Crippen molar-refractivity contribution in [1.29, 1.82) is 0 Å². The Morgan fingerprint density at radius 2 is 2.15 bits per heavy atom. The van der Waals surface area contributed by atoms with Gasteiger partial charge in [-0.3, -0.25) is 4.79 Å². The van der Waals surface area contributed by atoms with Gasteiger partial charge in [-0.2, -0.15) is 0 Å². The van der Waals surface area contributed by atoms with Crippen molar-refractivity contribution in [3.63, 3.8) is 0 Å². The van der Waals surface area contributed by atoms with Gasteiger partial charge in [-0.05, 0) is 25.8 Å². The summed E-state index contributed by atoms with van der Waals surface area (Å²) in [6, 6.07) is 10.5. The fourth-order valence-corrected chi connectivity index (χ4v) is 2.95. The summed E-state index contributed by atoms with van der Waals surface area (Å²) < 4.78 is 1.93. The van der Waals surface area contributed by atoms with Gasteiger partial charge in [0.15, 0.2) is 11.8 Å². The quantitative estimate of drug-likeness (QED) is 0.544. The van der Waals surface area contributed by atoms with Gasteiger partial charge in [-0.25, -0.2) is 4.99 Å². The van der Waals surface area contributed by atoms with Crippen LogP contribution in [-0.4, -0.2) is 39.2 Å². The number of hydrogen-bond acceptors (Lipinski definition) is 4. The van der Waals surface area contributed by atoms with Crippen LogP contribution in [0.3, 0.4) is 0 Å². The molecule has 3 N–H and O–H groups in total. The Morgan fingerprint density at radius 3 is 2.78 bits per heavy atom. The van der Waals surface area contributed by atoms with E-state index in [0.717, 1.165) is 18.1 Å². The maximum absolute atomic E-state index is 11.4. The van der Waals surface area contributed by atoms with Crippen molar-refractivity contribution in [2.75, 3.05) is 6.54 Å². The Morgan fingerprint density at radius 1 is 1.37 bits per heavy atom. The van der Waals surface area contributed by atoms with Crippen molar-refractivity contribution in [2.45, 2.75) is 45.3 Å². The normalized spacial score (nSPS) is 18.7. The maximum Gasteiger partial charge on any atom is 0.220 e. The number of rotatable bonds is 5. The molecule has 2 heterocycles. The first kappa shape index (κ1) is 18.9. The fraction of sp³-hybridized carbons (Fsp3) is 0.474. The summed E-state index contributed by atoms with van der Waals surface area (Å²) in [5, 5.41) is 18.1. The average Bonchev–Trinajstić information content (AvgIpc) is 3.00. The first-order valence-electron chi connectivity index (χ1n) is 9.27. The number of aliphatic imine (C=N–C) groups is 1. The second kappa shape index (κ2) is 8.66. The van der Waals surface area contributed by atoms with E-state index in [2.05, 4.69) is 45.2 Å². The summed E-state index contributed by atoms with van der Waals surface area (Å²) >= 11 is 0. The summed E-state index contributed by atoms with van der Waals surface area (Å²) in [4.78, 5) is 16.1. The number of nitrogens with one attached hydrogen (secondary N) is 3. The molecule has 0 aliphatic carbocycles. The number of carbonyl (C=O) groups excluding carboxylic acids is 1. The molecule has 1 fully saturated rings. The summed E-state index contributed by atoms with van der Waals surface area (Å²) in [6.45, 7) is 5.04. The van der Waals surface area contributed by atoms with Crippen molar-refractivity contribution in [2.24, 2.45) is 12.0 Å². The van der Waals surface area contributed by atoms with Gasteiger partial charge in [0.05, 0.1) is 6.04 Å². The summed E-state index contributed by atoms with van der Waals surface area (Å²) in [6.07, 6.45) is 1.32. The number of hydrogen-bond donors (Lipinski definition) is 3. The molecule has 2 atom stereocenters. The van der Waals surface area contributed by atoms with Gasteiger partial charge in [0, 0.05) is 26.1 Å². The molecule has 0 bridgehead atoms. The molecular formula is C19H27N7O. The molecule has 0 radical (unpaired) electrons. The number of nitrogens with zero attached hydrogens (tertiary/aromatic N) is 4. The second-order valence-electron chi connectivity index (χ2n) is 6.85. The molecule has 2 aromatic rings. The fourth-order valence-electron chi connectivity index (χ4n) is 2.95. The molecule has 8 nitrogen and oxygen atoms in total. The number of carbonyl (C=O) groups is 1. The monoisotopic (exact) mass is 369 g/mol. The lowest BCUT2D eigenvalue weighted by atomic mass is 10.1. The zero-order chi connectivity index (χ0) is 19.2. The Kier molecular flexibility index (Phi) is 6.05. The largest absolute Gasteiger partial charge is 0.354 e. The Balaban J connectivity index is 1.72. The number of piperidine rings is 1. The average molecular weight is 369 g/mol. The highest BCUT2D eigenvalue weighted by Gasteiger charge is 2.20. The molecule has 0 spiro atoms. The lowest BCUT2D eigenvalue weighted by Crippen LogP contribution is -2.51. The number of benzene rings is 1. The molecule has 1 amide bonds. The van der Waals surface area contributed by atoms with E-state index >= 15 is 0 Å². The van der Waals surface area contributed by atoms with Crippen LogP contribution in [-0.2, 0) is 18.4 Å². The molecule has 2 unspecified atom stereocenters. The highest BCUT2D eigenvalue weighted by atomic mass is 16.1. The highest BCUT2D eigenvalue weighted by molar-refractivity contribution is 5.81. The van der Waals surface area contributed by atoms with Crippen molar-refractivity contribution >= 4 is 11.9 Å². The summed E-state index contributed by atoms with van der Waals surface area (Å²) in [7, 11) is 1.93. The third-order valence-corrected chi connectivity index (χ3v) is 4.82. The third-order valence-electron chi connectivity index (χ3n) is 4.82. The van der Waals surface area contributed by atoms with Gasteiger partial charge in [0.2, 0.25) is 5.91 Å². The molecule has 1 saturated heterocycles. The summed E-state index contributed by atoms with van der Waals surface area (Å²) in [5.74, 6) is 2.47. The van der Waals surface area contributed by atoms with Crippen LogP contribution in [0.25, 0.3) is 0 Å². The second-order valence-corrected chi connectivity index (χ2v) is 6.85. The van der Waals surface area contributed by atoms with Crippen LogP contribution in [0.1, 0.15) is 43.0 Å². The molecule has 27 heavy (non-hydrogen) atoms. The van der Waals surface area contributed by atoms with E-state index < -0.39 is 0 Å². The Hall–Kier alpha value is -2.90. The lowest BCUT2D eigenvalue weighted by Gasteiger charge is -2.27. The van der Waals surface area contributed by atoms with E-state index in [1.807, 2.05) is 36.7 Å². The van der Waals surface area contributed by atoms with Crippen molar-refractivity contribution in [3.05, 3.63) is 47.5 Å². The topological polar surface area (TPSA) is 96.2 Å². The molecule has 1 aliphatic rings. The molecule has 3 rings (SSSR count). The highest BCUT2D eigenvalue weighted by Crippen LogP contribution is 2.11. The van der Waals surface area contributed by atoms with Crippen LogP contribution in [0.2, 0.25) is 0 Å². The van der Waals surface area contributed by atoms with Gasteiger partial charge in [0.25, 0.3) is 0 Å². The summed E-state index contributed by atoms with van der Waals surface area (Å²) in [5.41, 5.74) is 1.18. The molecule has 0 saturated carbocycles. The van der Waals surface area contributed by atoms with Crippen LogP contribution >= 0.6 is 0 Å². The number of guanidine groups is 1. The van der Waals surface area contributed by atoms with Crippen LogP contribution in [0.15, 0.2) is 35.3 Å². The maximum atomic E-state index is 11.4. The van der Waals surface area contributed by atoms with Crippen molar-refractivity contribution < 1.29 is 4.79 Å². The van der Waals surface area contributed by atoms with E-state index in [9.17, 15) is 4.79 Å². The van der Waals surface area contributed by atoms with Crippen molar-refractivity contribution in [3.8, 4) is 0 Å². The van der Waals surface area contributed by atoms with Gasteiger partial charge in [0.1, 0.15) is 12.4 Å². The van der Waals surface area contributed by atoms with Gasteiger partial charge in [-0.15, -0.1) is 10.2 Å². The van der Waals surface area contributed by atoms with E-state index in [1.165, 1.54) is 5.56 Å². The number of amides is 1. The van der Waals surface area contributed by atoms with Crippen molar-refractivity contribution in [1.82, 2.24) is 30.7 Å². The van der Waals surface area contributed by atoms with Gasteiger partial charge < -0.3 is 20.5 Å². The Labute approximate surface area is 159 Å². The van der Waals surface area contributed by atoms with E-state index in [-0.39, 0.29) is 18.0 Å².